The average Bonchev–Trinajstić information content (AvgIpc) is 2.15. The van der Waals surface area contributed by atoms with Gasteiger partial charge in [0.15, 0.2) is 0 Å². The summed E-state index contributed by atoms with van der Waals surface area (Å²) in [4.78, 5) is 0. The molecule has 1 rings (SSSR count). The third-order valence-electron chi connectivity index (χ3n) is 2.73. The van der Waals surface area contributed by atoms with Crippen molar-refractivity contribution in [3.63, 3.8) is 0 Å². The smallest absolute Gasteiger partial charge is 0.0193 e. The van der Waals surface area contributed by atoms with E-state index in [2.05, 4.69) is 24.5 Å². The van der Waals surface area contributed by atoms with Crippen LogP contribution in [-0.4, -0.2) is 25.2 Å². The monoisotopic (exact) mass is 183 g/mol. The molecule has 2 atom stereocenters. The summed E-state index contributed by atoms with van der Waals surface area (Å²) >= 11 is 0. The highest BCUT2D eigenvalue weighted by atomic mass is 15.1. The second kappa shape index (κ2) is 6.39. The van der Waals surface area contributed by atoms with Gasteiger partial charge in [0.1, 0.15) is 0 Å². The molecule has 1 aliphatic heterocycles. The number of unbranched alkanes of at least 4 members (excludes halogenated alkanes) is 3. The van der Waals surface area contributed by atoms with Crippen molar-refractivity contribution in [2.24, 2.45) is 0 Å². The largest absolute Gasteiger partial charge is 0.311 e. The fraction of sp³-hybridized carbons (Fsp3) is 0.909. The topological polar surface area (TPSA) is 24.1 Å². The minimum Gasteiger partial charge on any atom is -0.311 e. The minimum absolute atomic E-state index is 0.649. The van der Waals surface area contributed by atoms with Gasteiger partial charge in [-0.05, 0) is 13.3 Å². The molecule has 1 saturated heterocycles. The van der Waals surface area contributed by atoms with Crippen LogP contribution in [0.25, 0.3) is 0 Å². The first-order valence-electron chi connectivity index (χ1n) is 5.59. The molecule has 1 heterocycles. The molecule has 0 aromatic heterocycles. The summed E-state index contributed by atoms with van der Waals surface area (Å²) in [6.45, 7) is 8.35. The Kier molecular flexibility index (Phi) is 5.40. The van der Waals surface area contributed by atoms with E-state index in [4.69, 9.17) is 0 Å². The van der Waals surface area contributed by atoms with Crippen molar-refractivity contribution in [3.8, 4) is 0 Å². The highest BCUT2D eigenvalue weighted by molar-refractivity contribution is 4.80. The predicted molar refractivity (Wildman–Crippen MR) is 57.7 cm³/mol. The van der Waals surface area contributed by atoms with Gasteiger partial charge in [0.25, 0.3) is 0 Å². The normalized spacial score (nSPS) is 29.1. The maximum absolute atomic E-state index is 3.85. The minimum atomic E-state index is 0.649. The summed E-state index contributed by atoms with van der Waals surface area (Å²) in [5, 5.41) is 7.07. The Morgan fingerprint density at radius 2 is 2.00 bits per heavy atom. The van der Waals surface area contributed by atoms with Gasteiger partial charge in [-0.25, -0.2) is 0 Å². The Morgan fingerprint density at radius 3 is 2.62 bits per heavy atom. The first-order valence-corrected chi connectivity index (χ1v) is 5.59. The van der Waals surface area contributed by atoms with Crippen LogP contribution in [0.15, 0.2) is 0 Å². The molecule has 0 saturated carbocycles. The van der Waals surface area contributed by atoms with Crippen molar-refractivity contribution in [1.82, 2.24) is 10.6 Å². The molecule has 0 aliphatic carbocycles. The zero-order valence-corrected chi connectivity index (χ0v) is 8.81. The van der Waals surface area contributed by atoms with Gasteiger partial charge in [-0.15, -0.1) is 0 Å². The molecule has 1 fully saturated rings. The molecule has 0 spiro atoms. The predicted octanol–water partition coefficient (Wildman–Crippen LogP) is 1.72. The van der Waals surface area contributed by atoms with Crippen LogP contribution in [0, 0.1) is 6.92 Å². The summed E-state index contributed by atoms with van der Waals surface area (Å²) in [6.07, 6.45) is 6.39. The molecule has 13 heavy (non-hydrogen) atoms. The number of hydrogen-bond acceptors (Lipinski definition) is 2. The Bertz CT molecular complexity index is 117. The average molecular weight is 183 g/mol. The van der Waals surface area contributed by atoms with Crippen molar-refractivity contribution in [3.05, 3.63) is 6.92 Å². The SMILES string of the molecule is [CH2]CCCCCC1CNC(C)CN1. The molecular weight excluding hydrogens is 160 g/mol. The first-order chi connectivity index (χ1) is 6.33. The van der Waals surface area contributed by atoms with E-state index in [0.29, 0.717) is 12.1 Å². The first kappa shape index (κ1) is 11.0. The lowest BCUT2D eigenvalue weighted by Crippen LogP contribution is -2.52. The molecule has 2 heteroatoms. The van der Waals surface area contributed by atoms with Gasteiger partial charge in [-0.2, -0.15) is 0 Å². The van der Waals surface area contributed by atoms with E-state index in [-0.39, 0.29) is 0 Å². The number of piperazine rings is 1. The zero-order valence-electron chi connectivity index (χ0n) is 8.81. The quantitative estimate of drug-likeness (QED) is 0.634. The fourth-order valence-electron chi connectivity index (χ4n) is 1.78. The molecule has 0 bridgehead atoms. The second-order valence-electron chi connectivity index (χ2n) is 4.12. The molecule has 1 radical (unpaired) electrons. The lowest BCUT2D eigenvalue weighted by Gasteiger charge is -2.29. The maximum Gasteiger partial charge on any atom is 0.0193 e. The van der Waals surface area contributed by atoms with Gasteiger partial charge in [-0.3, -0.25) is 0 Å². The van der Waals surface area contributed by atoms with Gasteiger partial charge in [0.05, 0.1) is 0 Å². The third kappa shape index (κ3) is 4.63. The zero-order chi connectivity index (χ0) is 9.52. The lowest BCUT2D eigenvalue weighted by molar-refractivity contribution is 0.339. The molecule has 0 aromatic carbocycles. The van der Waals surface area contributed by atoms with E-state index >= 15 is 0 Å². The van der Waals surface area contributed by atoms with Crippen LogP contribution in [0.2, 0.25) is 0 Å². The summed E-state index contributed by atoms with van der Waals surface area (Å²) in [5.74, 6) is 0. The van der Waals surface area contributed by atoms with Crippen LogP contribution in [0.3, 0.4) is 0 Å². The summed E-state index contributed by atoms with van der Waals surface area (Å²) in [5.41, 5.74) is 0. The molecule has 2 unspecified atom stereocenters. The van der Waals surface area contributed by atoms with Crippen molar-refractivity contribution >= 4 is 0 Å². The van der Waals surface area contributed by atoms with Gasteiger partial charge < -0.3 is 10.6 Å². The summed E-state index contributed by atoms with van der Waals surface area (Å²) in [6, 6.07) is 1.36. The Labute approximate surface area is 82.5 Å². The number of rotatable bonds is 5. The van der Waals surface area contributed by atoms with Crippen LogP contribution >= 0.6 is 0 Å². The number of nitrogens with one attached hydrogen (secondary N) is 2. The van der Waals surface area contributed by atoms with E-state index in [1.54, 1.807) is 0 Å². The van der Waals surface area contributed by atoms with Crippen LogP contribution in [0.5, 0.6) is 0 Å². The lowest BCUT2D eigenvalue weighted by atomic mass is 10.0. The second-order valence-corrected chi connectivity index (χ2v) is 4.12. The van der Waals surface area contributed by atoms with E-state index in [0.717, 1.165) is 19.5 Å². The highest BCUT2D eigenvalue weighted by Gasteiger charge is 2.15. The van der Waals surface area contributed by atoms with Crippen molar-refractivity contribution in [1.29, 1.82) is 0 Å². The van der Waals surface area contributed by atoms with Crippen molar-refractivity contribution in [2.45, 2.75) is 51.1 Å². The van der Waals surface area contributed by atoms with Crippen molar-refractivity contribution < 1.29 is 0 Å². The molecule has 1 aliphatic rings. The highest BCUT2D eigenvalue weighted by Crippen LogP contribution is 2.06. The van der Waals surface area contributed by atoms with Crippen LogP contribution in [0.1, 0.15) is 39.0 Å². The van der Waals surface area contributed by atoms with Gasteiger partial charge in [0.2, 0.25) is 0 Å². The van der Waals surface area contributed by atoms with Gasteiger partial charge in [0, 0.05) is 25.2 Å². The fourth-order valence-corrected chi connectivity index (χ4v) is 1.78. The maximum atomic E-state index is 3.85. The molecule has 2 nitrogen and oxygen atoms in total. The summed E-state index contributed by atoms with van der Waals surface area (Å²) < 4.78 is 0. The summed E-state index contributed by atoms with van der Waals surface area (Å²) in [7, 11) is 0. The van der Waals surface area contributed by atoms with Crippen molar-refractivity contribution in [2.75, 3.05) is 13.1 Å². The molecule has 2 N–H and O–H groups in total. The molecule has 0 amide bonds. The van der Waals surface area contributed by atoms with Crippen LogP contribution in [0.4, 0.5) is 0 Å². The van der Waals surface area contributed by atoms with Gasteiger partial charge in [-0.1, -0.05) is 32.6 Å². The Hall–Kier alpha value is -0.0800. The van der Waals surface area contributed by atoms with E-state index in [9.17, 15) is 0 Å². The number of hydrogen-bond donors (Lipinski definition) is 2. The van der Waals surface area contributed by atoms with E-state index in [1.165, 1.54) is 25.7 Å². The van der Waals surface area contributed by atoms with Crippen LogP contribution in [-0.2, 0) is 0 Å². The van der Waals surface area contributed by atoms with E-state index in [1.807, 2.05) is 0 Å². The van der Waals surface area contributed by atoms with Crippen LogP contribution < -0.4 is 10.6 Å². The van der Waals surface area contributed by atoms with E-state index < -0.39 is 0 Å². The Morgan fingerprint density at radius 1 is 1.15 bits per heavy atom. The third-order valence-corrected chi connectivity index (χ3v) is 2.73. The molecular formula is C11H23N2. The van der Waals surface area contributed by atoms with Gasteiger partial charge >= 0.3 is 0 Å². The molecule has 77 valence electrons. The Balaban J connectivity index is 1.96. The standard InChI is InChI=1S/C11H23N2/c1-3-4-5-6-7-11-9-12-10(2)8-13-11/h10-13H,1,3-9H2,2H3. The molecule has 0 aromatic rings.